The molecule has 0 aliphatic heterocycles. The molecule has 3 nitrogen and oxygen atoms in total. The number of hydrogen-bond donors (Lipinski definition) is 1. The van der Waals surface area contributed by atoms with E-state index >= 15 is 0 Å². The number of hydrogen-bond acceptors (Lipinski definition) is 3. The molecule has 0 bridgehead atoms. The van der Waals surface area contributed by atoms with E-state index in [4.69, 9.17) is 4.74 Å². The van der Waals surface area contributed by atoms with Crippen LogP contribution in [-0.4, -0.2) is 24.2 Å². The molecule has 2 aliphatic rings. The molecular weight excluding hydrogens is 262 g/mol. The highest BCUT2D eigenvalue weighted by Gasteiger charge is 2.32. The lowest BCUT2D eigenvalue weighted by molar-refractivity contribution is -0.153. The number of rotatable bonds is 4. The van der Waals surface area contributed by atoms with Gasteiger partial charge in [0.05, 0.1) is 6.54 Å². The molecule has 2 fully saturated rings. The van der Waals surface area contributed by atoms with Crippen LogP contribution in [0.15, 0.2) is 0 Å². The Hall–Kier alpha value is -0.570. The molecule has 2 atom stereocenters. The second kappa shape index (κ2) is 7.62. The summed E-state index contributed by atoms with van der Waals surface area (Å²) < 4.78 is 5.41. The SMILES string of the molecule is CC(C)(C)OC(=O)CNC1CCCCC1C1CCCCC1. The highest BCUT2D eigenvalue weighted by Crippen LogP contribution is 2.38. The third-order valence-electron chi connectivity index (χ3n) is 5.00. The number of nitrogens with one attached hydrogen (secondary N) is 1. The summed E-state index contributed by atoms with van der Waals surface area (Å²) in [7, 11) is 0. The summed E-state index contributed by atoms with van der Waals surface area (Å²) in [5, 5.41) is 3.52. The molecule has 0 heterocycles. The number of esters is 1. The predicted octanol–water partition coefficient (Wildman–Crippen LogP) is 4.06. The van der Waals surface area contributed by atoms with E-state index in [2.05, 4.69) is 5.32 Å². The van der Waals surface area contributed by atoms with Gasteiger partial charge in [-0.1, -0.05) is 44.9 Å². The van der Waals surface area contributed by atoms with E-state index in [1.807, 2.05) is 20.8 Å². The minimum atomic E-state index is -0.381. The average Bonchev–Trinajstić information content (AvgIpc) is 2.45. The van der Waals surface area contributed by atoms with Gasteiger partial charge >= 0.3 is 5.97 Å². The van der Waals surface area contributed by atoms with Gasteiger partial charge in [0.2, 0.25) is 0 Å². The molecule has 0 spiro atoms. The van der Waals surface area contributed by atoms with Gasteiger partial charge in [0, 0.05) is 6.04 Å². The standard InChI is InChI=1S/C18H33NO2/c1-18(2,3)21-17(20)13-19-16-12-8-7-11-15(16)14-9-5-4-6-10-14/h14-16,19H,4-13H2,1-3H3. The van der Waals surface area contributed by atoms with E-state index in [-0.39, 0.29) is 11.6 Å². The molecule has 0 amide bonds. The van der Waals surface area contributed by atoms with Crippen LogP contribution in [0.1, 0.15) is 78.6 Å². The summed E-state index contributed by atoms with van der Waals surface area (Å²) >= 11 is 0. The van der Waals surface area contributed by atoms with Gasteiger partial charge < -0.3 is 10.1 Å². The highest BCUT2D eigenvalue weighted by atomic mass is 16.6. The normalized spacial score (nSPS) is 28.3. The molecular formula is C18H33NO2. The van der Waals surface area contributed by atoms with Gasteiger partial charge in [-0.25, -0.2) is 0 Å². The first-order chi connectivity index (χ1) is 9.96. The van der Waals surface area contributed by atoms with E-state index in [0.29, 0.717) is 12.6 Å². The van der Waals surface area contributed by atoms with E-state index in [0.717, 1.165) is 11.8 Å². The monoisotopic (exact) mass is 295 g/mol. The third-order valence-corrected chi connectivity index (χ3v) is 5.00. The van der Waals surface area contributed by atoms with Crippen molar-refractivity contribution >= 4 is 5.97 Å². The fourth-order valence-electron chi connectivity index (χ4n) is 4.13. The van der Waals surface area contributed by atoms with Gasteiger partial charge in [-0.2, -0.15) is 0 Å². The van der Waals surface area contributed by atoms with Crippen molar-refractivity contribution in [2.45, 2.75) is 90.2 Å². The summed E-state index contributed by atoms with van der Waals surface area (Å²) in [6.07, 6.45) is 12.3. The molecule has 2 unspecified atom stereocenters. The summed E-state index contributed by atoms with van der Waals surface area (Å²) in [5.74, 6) is 1.55. The van der Waals surface area contributed by atoms with E-state index in [1.165, 1.54) is 57.8 Å². The number of carbonyl (C=O) groups is 1. The van der Waals surface area contributed by atoms with Gasteiger partial charge in [-0.05, 0) is 45.4 Å². The van der Waals surface area contributed by atoms with Gasteiger partial charge in [-0.3, -0.25) is 4.79 Å². The summed E-state index contributed by atoms with van der Waals surface area (Å²) in [6, 6.07) is 0.523. The second-order valence-electron chi connectivity index (χ2n) is 7.92. The van der Waals surface area contributed by atoms with Crippen molar-refractivity contribution in [2.75, 3.05) is 6.54 Å². The van der Waals surface area contributed by atoms with Crippen molar-refractivity contribution in [3.05, 3.63) is 0 Å². The lowest BCUT2D eigenvalue weighted by Gasteiger charge is -2.39. The molecule has 0 radical (unpaired) electrons. The second-order valence-corrected chi connectivity index (χ2v) is 7.92. The molecule has 1 N–H and O–H groups in total. The van der Waals surface area contributed by atoms with Crippen LogP contribution in [-0.2, 0) is 9.53 Å². The molecule has 21 heavy (non-hydrogen) atoms. The number of carbonyl (C=O) groups excluding carboxylic acids is 1. The quantitative estimate of drug-likeness (QED) is 0.795. The number of ether oxygens (including phenoxy) is 1. The molecule has 2 saturated carbocycles. The maximum Gasteiger partial charge on any atom is 0.320 e. The average molecular weight is 295 g/mol. The van der Waals surface area contributed by atoms with Crippen LogP contribution in [0, 0.1) is 11.8 Å². The van der Waals surface area contributed by atoms with E-state index < -0.39 is 0 Å². The van der Waals surface area contributed by atoms with Crippen LogP contribution in [0.5, 0.6) is 0 Å². The Bertz CT molecular complexity index is 329. The van der Waals surface area contributed by atoms with Crippen LogP contribution in [0.2, 0.25) is 0 Å². The lowest BCUT2D eigenvalue weighted by atomic mass is 9.71. The van der Waals surface area contributed by atoms with E-state index in [9.17, 15) is 4.79 Å². The summed E-state index contributed by atoms with van der Waals surface area (Å²) in [4.78, 5) is 11.9. The van der Waals surface area contributed by atoms with Crippen LogP contribution in [0.3, 0.4) is 0 Å². The Morgan fingerprint density at radius 3 is 2.29 bits per heavy atom. The van der Waals surface area contributed by atoms with Crippen LogP contribution in [0.25, 0.3) is 0 Å². The molecule has 2 aliphatic carbocycles. The van der Waals surface area contributed by atoms with Crippen LogP contribution < -0.4 is 5.32 Å². The fourth-order valence-corrected chi connectivity index (χ4v) is 4.13. The van der Waals surface area contributed by atoms with Crippen LogP contribution in [0.4, 0.5) is 0 Å². The van der Waals surface area contributed by atoms with Crippen LogP contribution >= 0.6 is 0 Å². The molecule has 122 valence electrons. The summed E-state index contributed by atoms with van der Waals surface area (Å²) in [5.41, 5.74) is -0.381. The van der Waals surface area contributed by atoms with Crippen molar-refractivity contribution in [1.29, 1.82) is 0 Å². The van der Waals surface area contributed by atoms with Gasteiger partial charge in [0.15, 0.2) is 0 Å². The molecule has 0 aromatic carbocycles. The first-order valence-electron chi connectivity index (χ1n) is 8.91. The topological polar surface area (TPSA) is 38.3 Å². The van der Waals surface area contributed by atoms with Gasteiger partial charge in [0.25, 0.3) is 0 Å². The first kappa shape index (κ1) is 16.8. The van der Waals surface area contributed by atoms with Crippen molar-refractivity contribution in [2.24, 2.45) is 11.8 Å². The Balaban J connectivity index is 1.82. The summed E-state index contributed by atoms with van der Waals surface area (Å²) in [6.45, 7) is 6.15. The molecule has 3 heteroatoms. The Labute approximate surface area is 130 Å². The zero-order valence-corrected chi connectivity index (χ0v) is 14.1. The molecule has 0 saturated heterocycles. The maximum absolute atomic E-state index is 11.9. The Morgan fingerprint density at radius 1 is 1.00 bits per heavy atom. The first-order valence-corrected chi connectivity index (χ1v) is 8.91. The minimum Gasteiger partial charge on any atom is -0.459 e. The predicted molar refractivity (Wildman–Crippen MR) is 86.2 cm³/mol. The van der Waals surface area contributed by atoms with Crippen molar-refractivity contribution in [1.82, 2.24) is 5.32 Å². The highest BCUT2D eigenvalue weighted by molar-refractivity contribution is 5.72. The molecule has 2 rings (SSSR count). The van der Waals surface area contributed by atoms with Crippen molar-refractivity contribution in [3.63, 3.8) is 0 Å². The zero-order valence-electron chi connectivity index (χ0n) is 14.1. The Morgan fingerprint density at radius 2 is 1.62 bits per heavy atom. The molecule has 0 aromatic heterocycles. The van der Waals surface area contributed by atoms with Crippen molar-refractivity contribution in [3.8, 4) is 0 Å². The lowest BCUT2D eigenvalue weighted by Crippen LogP contribution is -2.45. The zero-order chi connectivity index (χ0) is 15.3. The Kier molecular flexibility index (Phi) is 6.09. The van der Waals surface area contributed by atoms with Gasteiger partial charge in [0.1, 0.15) is 5.60 Å². The van der Waals surface area contributed by atoms with E-state index in [1.54, 1.807) is 0 Å². The third kappa shape index (κ3) is 5.61. The van der Waals surface area contributed by atoms with Crippen molar-refractivity contribution < 1.29 is 9.53 Å². The van der Waals surface area contributed by atoms with Gasteiger partial charge in [-0.15, -0.1) is 0 Å². The smallest absolute Gasteiger partial charge is 0.320 e. The molecule has 0 aromatic rings. The largest absolute Gasteiger partial charge is 0.459 e. The maximum atomic E-state index is 11.9. The minimum absolute atomic E-state index is 0.115. The fraction of sp³-hybridized carbons (Fsp3) is 0.944.